The van der Waals surface area contributed by atoms with Gasteiger partial charge in [-0.2, -0.15) is 0 Å². The number of rotatable bonds is 3. The number of carbonyl (C=O) groups is 1. The van der Waals surface area contributed by atoms with Gasteiger partial charge in [-0.1, -0.05) is 18.2 Å². The normalized spacial score (nSPS) is 22.7. The van der Waals surface area contributed by atoms with E-state index in [1.165, 1.54) is 0 Å². The van der Waals surface area contributed by atoms with Crippen molar-refractivity contribution in [3.63, 3.8) is 0 Å². The van der Waals surface area contributed by atoms with Gasteiger partial charge < -0.3 is 5.11 Å². The molecule has 1 aromatic heterocycles. The first-order valence-corrected chi connectivity index (χ1v) is 7.40. The van der Waals surface area contributed by atoms with Crippen LogP contribution in [0.1, 0.15) is 18.4 Å². The number of nitrogens with zero attached hydrogens (tertiary/aromatic N) is 1. The zero-order chi connectivity index (χ0) is 13.3. The molecule has 1 aliphatic heterocycles. The zero-order valence-corrected chi connectivity index (χ0v) is 11.3. The highest BCUT2D eigenvalue weighted by Gasteiger charge is 2.42. The largest absolute Gasteiger partial charge is 0.480 e. The van der Waals surface area contributed by atoms with Crippen LogP contribution in [0.2, 0.25) is 0 Å². The van der Waals surface area contributed by atoms with Crippen molar-refractivity contribution < 1.29 is 9.90 Å². The molecule has 2 heterocycles. The molecule has 0 spiro atoms. The van der Waals surface area contributed by atoms with Crippen LogP contribution < -0.4 is 0 Å². The fourth-order valence-electron chi connectivity index (χ4n) is 2.70. The third-order valence-electron chi connectivity index (χ3n) is 3.71. The van der Waals surface area contributed by atoms with Gasteiger partial charge in [-0.25, -0.2) is 0 Å². The summed E-state index contributed by atoms with van der Waals surface area (Å²) < 4.78 is -0.649. The lowest BCUT2D eigenvalue weighted by molar-refractivity contribution is -0.139. The summed E-state index contributed by atoms with van der Waals surface area (Å²) in [5.74, 6) is 0.255. The number of hydrogen-bond donors (Lipinski definition) is 1. The van der Waals surface area contributed by atoms with Crippen molar-refractivity contribution in [2.45, 2.75) is 24.0 Å². The molecule has 1 saturated heterocycles. The second-order valence-electron chi connectivity index (χ2n) is 4.92. The molecule has 19 heavy (non-hydrogen) atoms. The van der Waals surface area contributed by atoms with E-state index in [-0.39, 0.29) is 0 Å². The predicted octanol–water partition coefficient (Wildman–Crippen LogP) is 3.13. The first-order chi connectivity index (χ1) is 9.21. The molecule has 1 fully saturated rings. The van der Waals surface area contributed by atoms with Crippen molar-refractivity contribution in [1.29, 1.82) is 0 Å². The molecule has 1 aliphatic rings. The molecule has 1 N–H and O–H groups in total. The average Bonchev–Trinajstić information content (AvgIpc) is 2.89. The molecule has 2 aromatic rings. The minimum absolute atomic E-state index is 0.579. The number of carboxylic acids is 1. The van der Waals surface area contributed by atoms with Crippen LogP contribution in [0.5, 0.6) is 0 Å². The Morgan fingerprint density at radius 1 is 1.37 bits per heavy atom. The summed E-state index contributed by atoms with van der Waals surface area (Å²) in [6, 6.07) is 9.87. The monoisotopic (exact) mass is 273 g/mol. The second kappa shape index (κ2) is 4.85. The van der Waals surface area contributed by atoms with Crippen molar-refractivity contribution in [1.82, 2.24) is 4.98 Å². The molecule has 0 bridgehead atoms. The Morgan fingerprint density at radius 3 is 2.95 bits per heavy atom. The van der Waals surface area contributed by atoms with Crippen LogP contribution in [0.4, 0.5) is 0 Å². The molecule has 0 radical (unpaired) electrons. The Labute approximate surface area is 116 Å². The van der Waals surface area contributed by atoms with Crippen molar-refractivity contribution in [2.75, 3.05) is 5.75 Å². The molecular formula is C15H15NO2S. The van der Waals surface area contributed by atoms with Crippen LogP contribution in [0, 0.1) is 0 Å². The lowest BCUT2D eigenvalue weighted by Gasteiger charge is -2.23. The summed E-state index contributed by atoms with van der Waals surface area (Å²) in [4.78, 5) is 16.0. The van der Waals surface area contributed by atoms with Gasteiger partial charge in [0.2, 0.25) is 0 Å². The number of pyridine rings is 1. The molecule has 0 amide bonds. The molecule has 4 heteroatoms. The minimum atomic E-state index is -0.684. The summed E-state index contributed by atoms with van der Waals surface area (Å²) in [6.07, 6.45) is 4.09. The molecule has 0 aliphatic carbocycles. The molecule has 3 nitrogen and oxygen atoms in total. The minimum Gasteiger partial charge on any atom is -0.480 e. The Hall–Kier alpha value is -1.55. The Balaban J connectivity index is 2.03. The standard InChI is InChI=1S/C15H15NO2S/c17-14(18)15(7-3-9-19-15)10-11-6-8-16-13-5-2-1-4-12(11)13/h1-2,4-6,8H,3,7,9-10H2,(H,17,18). The number of thioether (sulfide) groups is 1. The van der Waals surface area contributed by atoms with Gasteiger partial charge >= 0.3 is 5.97 Å². The van der Waals surface area contributed by atoms with Gasteiger partial charge in [-0.05, 0) is 42.7 Å². The number of fused-ring (bicyclic) bond motifs is 1. The third kappa shape index (κ3) is 2.21. The lowest BCUT2D eigenvalue weighted by atomic mass is 9.93. The fourth-order valence-corrected chi connectivity index (χ4v) is 4.05. The maximum Gasteiger partial charge on any atom is 0.320 e. The number of hydrogen-bond acceptors (Lipinski definition) is 3. The first kappa shape index (κ1) is 12.5. The Bertz CT molecular complexity index is 615. The highest BCUT2D eigenvalue weighted by Crippen LogP contribution is 2.41. The number of aliphatic carboxylic acids is 1. The predicted molar refractivity (Wildman–Crippen MR) is 77.5 cm³/mol. The van der Waals surface area contributed by atoms with Crippen LogP contribution in [-0.4, -0.2) is 26.6 Å². The van der Waals surface area contributed by atoms with E-state index in [4.69, 9.17) is 0 Å². The number of aromatic nitrogens is 1. The smallest absolute Gasteiger partial charge is 0.320 e. The Morgan fingerprint density at radius 2 is 2.21 bits per heavy atom. The van der Waals surface area contributed by atoms with Crippen molar-refractivity contribution in [3.8, 4) is 0 Å². The lowest BCUT2D eigenvalue weighted by Crippen LogP contribution is -2.34. The molecule has 3 rings (SSSR count). The topological polar surface area (TPSA) is 50.2 Å². The van der Waals surface area contributed by atoms with Crippen molar-refractivity contribution >= 4 is 28.6 Å². The summed E-state index contributed by atoms with van der Waals surface area (Å²) in [7, 11) is 0. The van der Waals surface area contributed by atoms with E-state index in [0.717, 1.165) is 35.1 Å². The van der Waals surface area contributed by atoms with E-state index in [2.05, 4.69) is 4.98 Å². The van der Waals surface area contributed by atoms with E-state index >= 15 is 0 Å². The van der Waals surface area contributed by atoms with E-state index in [1.807, 2.05) is 30.3 Å². The molecule has 98 valence electrons. The van der Waals surface area contributed by atoms with Gasteiger partial charge in [0.1, 0.15) is 4.75 Å². The molecule has 0 saturated carbocycles. The van der Waals surface area contributed by atoms with Gasteiger partial charge in [0.15, 0.2) is 0 Å². The van der Waals surface area contributed by atoms with E-state index in [1.54, 1.807) is 18.0 Å². The van der Waals surface area contributed by atoms with Gasteiger partial charge in [0, 0.05) is 11.6 Å². The van der Waals surface area contributed by atoms with Crippen LogP contribution in [0.25, 0.3) is 10.9 Å². The number of para-hydroxylation sites is 1. The van der Waals surface area contributed by atoms with Gasteiger partial charge in [-0.15, -0.1) is 11.8 Å². The maximum absolute atomic E-state index is 11.6. The van der Waals surface area contributed by atoms with Gasteiger partial charge in [0.05, 0.1) is 5.52 Å². The molecular weight excluding hydrogens is 258 g/mol. The van der Waals surface area contributed by atoms with Crippen LogP contribution >= 0.6 is 11.8 Å². The highest BCUT2D eigenvalue weighted by atomic mass is 32.2. The fraction of sp³-hybridized carbons (Fsp3) is 0.333. The van der Waals surface area contributed by atoms with Crippen LogP contribution in [0.15, 0.2) is 36.5 Å². The molecule has 1 aromatic carbocycles. The third-order valence-corrected chi connectivity index (χ3v) is 5.28. The average molecular weight is 273 g/mol. The highest BCUT2D eigenvalue weighted by molar-refractivity contribution is 8.01. The van der Waals surface area contributed by atoms with E-state index in [0.29, 0.717) is 6.42 Å². The van der Waals surface area contributed by atoms with Crippen molar-refractivity contribution in [3.05, 3.63) is 42.1 Å². The van der Waals surface area contributed by atoms with E-state index in [9.17, 15) is 9.90 Å². The summed E-state index contributed by atoms with van der Waals surface area (Å²) in [5, 5.41) is 10.6. The van der Waals surface area contributed by atoms with Crippen LogP contribution in [-0.2, 0) is 11.2 Å². The quantitative estimate of drug-likeness (QED) is 0.933. The molecule has 1 unspecified atom stereocenters. The SMILES string of the molecule is O=C(O)C1(Cc2ccnc3ccccc23)CCCS1. The van der Waals surface area contributed by atoms with Gasteiger partial charge in [-0.3, -0.25) is 9.78 Å². The number of benzene rings is 1. The summed E-state index contributed by atoms with van der Waals surface area (Å²) in [5.41, 5.74) is 2.02. The second-order valence-corrected chi connectivity index (χ2v) is 6.39. The first-order valence-electron chi connectivity index (χ1n) is 6.41. The maximum atomic E-state index is 11.6. The molecule has 1 atom stereocenters. The zero-order valence-electron chi connectivity index (χ0n) is 10.5. The van der Waals surface area contributed by atoms with E-state index < -0.39 is 10.7 Å². The van der Waals surface area contributed by atoms with Crippen LogP contribution in [0.3, 0.4) is 0 Å². The summed E-state index contributed by atoms with van der Waals surface area (Å²) >= 11 is 1.58. The Kier molecular flexibility index (Phi) is 3.19. The number of carboxylic acid groups (broad SMARTS) is 1. The van der Waals surface area contributed by atoms with Gasteiger partial charge in [0.25, 0.3) is 0 Å². The van der Waals surface area contributed by atoms with Crippen molar-refractivity contribution in [2.24, 2.45) is 0 Å². The summed E-state index contributed by atoms with van der Waals surface area (Å²) in [6.45, 7) is 0.